The third-order valence-electron chi connectivity index (χ3n) is 2.07. The molecule has 0 bridgehead atoms. The summed E-state index contributed by atoms with van der Waals surface area (Å²) in [7, 11) is -1.67. The number of halogens is 1. The van der Waals surface area contributed by atoms with Gasteiger partial charge in [0.05, 0.1) is 5.75 Å². The highest BCUT2D eigenvalue weighted by Gasteiger charge is 2.06. The van der Waals surface area contributed by atoms with Crippen molar-refractivity contribution in [2.45, 2.75) is 13.5 Å². The maximum Gasteiger partial charge on any atom is 0.212 e. The summed E-state index contributed by atoms with van der Waals surface area (Å²) in [4.78, 5) is 2.44. The van der Waals surface area contributed by atoms with Crippen molar-refractivity contribution in [3.05, 3.63) is 20.3 Å². The van der Waals surface area contributed by atoms with E-state index in [4.69, 9.17) is 0 Å². The SMILES string of the molecule is CNS(=O)(=O)CCNCc1cc(Br)c(C)s1. The fourth-order valence-corrected chi connectivity index (χ4v) is 3.31. The highest BCUT2D eigenvalue weighted by molar-refractivity contribution is 9.10. The van der Waals surface area contributed by atoms with Crippen LogP contribution < -0.4 is 10.0 Å². The van der Waals surface area contributed by atoms with Crippen molar-refractivity contribution in [1.82, 2.24) is 10.0 Å². The lowest BCUT2D eigenvalue weighted by atomic mass is 10.4. The highest BCUT2D eigenvalue weighted by Crippen LogP contribution is 2.25. The third kappa shape index (κ3) is 4.50. The molecule has 2 N–H and O–H groups in total. The van der Waals surface area contributed by atoms with Gasteiger partial charge in [0.2, 0.25) is 10.0 Å². The number of sulfonamides is 1. The molecular formula is C9H15BrN2O2S2. The molecular weight excluding hydrogens is 312 g/mol. The number of hydrogen-bond acceptors (Lipinski definition) is 4. The van der Waals surface area contributed by atoms with Crippen LogP contribution in [-0.2, 0) is 16.6 Å². The van der Waals surface area contributed by atoms with Crippen molar-refractivity contribution in [3.8, 4) is 0 Å². The molecule has 92 valence electrons. The molecule has 1 heterocycles. The van der Waals surface area contributed by atoms with Crippen molar-refractivity contribution in [3.63, 3.8) is 0 Å². The second-order valence-corrected chi connectivity index (χ2v) is 7.56. The van der Waals surface area contributed by atoms with Gasteiger partial charge in [-0.3, -0.25) is 0 Å². The van der Waals surface area contributed by atoms with Crippen molar-refractivity contribution in [1.29, 1.82) is 0 Å². The van der Waals surface area contributed by atoms with Crippen molar-refractivity contribution in [2.75, 3.05) is 19.3 Å². The van der Waals surface area contributed by atoms with Crippen molar-refractivity contribution < 1.29 is 8.42 Å². The standard InChI is InChI=1S/C9H15BrN2O2S2/c1-7-9(10)5-8(15-7)6-12-3-4-16(13,14)11-2/h5,11-12H,3-4,6H2,1-2H3. The van der Waals surface area contributed by atoms with E-state index in [1.165, 1.54) is 16.8 Å². The molecule has 0 aliphatic carbocycles. The van der Waals surface area contributed by atoms with Gasteiger partial charge in [-0.15, -0.1) is 11.3 Å². The summed E-state index contributed by atoms with van der Waals surface area (Å²) in [6.07, 6.45) is 0. The first kappa shape index (κ1) is 14.1. The summed E-state index contributed by atoms with van der Waals surface area (Å²) in [6, 6.07) is 2.06. The van der Waals surface area contributed by atoms with Crippen LogP contribution in [-0.4, -0.2) is 27.8 Å². The molecule has 0 atom stereocenters. The first-order valence-corrected chi connectivity index (χ1v) is 8.07. The molecule has 0 saturated carbocycles. The van der Waals surface area contributed by atoms with Gasteiger partial charge in [-0.1, -0.05) is 0 Å². The second kappa shape index (κ2) is 6.11. The summed E-state index contributed by atoms with van der Waals surface area (Å²) in [6.45, 7) is 3.21. The smallest absolute Gasteiger partial charge is 0.212 e. The lowest BCUT2D eigenvalue weighted by Crippen LogP contribution is -2.29. The maximum atomic E-state index is 11.1. The summed E-state index contributed by atoms with van der Waals surface area (Å²) in [5.41, 5.74) is 0. The van der Waals surface area contributed by atoms with Gasteiger partial charge in [0.25, 0.3) is 0 Å². The molecule has 0 radical (unpaired) electrons. The zero-order chi connectivity index (χ0) is 12.2. The van der Waals surface area contributed by atoms with E-state index in [0.29, 0.717) is 13.1 Å². The van der Waals surface area contributed by atoms with Crippen LogP contribution in [0.25, 0.3) is 0 Å². The van der Waals surface area contributed by atoms with E-state index in [-0.39, 0.29) is 5.75 Å². The zero-order valence-corrected chi connectivity index (χ0v) is 12.4. The Morgan fingerprint density at radius 2 is 2.19 bits per heavy atom. The summed E-state index contributed by atoms with van der Waals surface area (Å²) in [5, 5.41) is 3.10. The minimum absolute atomic E-state index is 0.106. The average molecular weight is 327 g/mol. The monoisotopic (exact) mass is 326 g/mol. The first-order valence-electron chi connectivity index (χ1n) is 4.81. The minimum Gasteiger partial charge on any atom is -0.311 e. The number of hydrogen-bond donors (Lipinski definition) is 2. The Kier molecular flexibility index (Phi) is 5.39. The van der Waals surface area contributed by atoms with E-state index in [1.54, 1.807) is 11.3 Å². The van der Waals surface area contributed by atoms with Crippen molar-refractivity contribution in [2.24, 2.45) is 0 Å². The predicted molar refractivity (Wildman–Crippen MR) is 71.3 cm³/mol. The molecule has 0 aliphatic rings. The van der Waals surface area contributed by atoms with Gasteiger partial charge in [-0.05, 0) is 36.0 Å². The molecule has 7 heteroatoms. The summed E-state index contributed by atoms with van der Waals surface area (Å²) < 4.78 is 25.6. The van der Waals surface area contributed by atoms with E-state index in [0.717, 1.165) is 4.47 Å². The molecule has 0 spiro atoms. The van der Waals surface area contributed by atoms with E-state index in [9.17, 15) is 8.42 Å². The number of rotatable bonds is 6. The quantitative estimate of drug-likeness (QED) is 0.778. The molecule has 0 aromatic carbocycles. The van der Waals surface area contributed by atoms with Gasteiger partial charge < -0.3 is 5.32 Å². The van der Waals surface area contributed by atoms with Crippen LogP contribution in [0, 0.1) is 6.92 Å². The molecule has 0 fully saturated rings. The number of thiophene rings is 1. The van der Waals surface area contributed by atoms with E-state index >= 15 is 0 Å². The summed E-state index contributed by atoms with van der Waals surface area (Å²) in [5.74, 6) is 0.106. The van der Waals surface area contributed by atoms with Gasteiger partial charge in [-0.25, -0.2) is 13.1 Å². The van der Waals surface area contributed by atoms with Gasteiger partial charge in [0.1, 0.15) is 0 Å². The average Bonchev–Trinajstić information content (AvgIpc) is 2.54. The number of aryl methyl sites for hydroxylation is 1. The molecule has 0 aliphatic heterocycles. The Hall–Kier alpha value is 0.0500. The van der Waals surface area contributed by atoms with Crippen LogP contribution >= 0.6 is 27.3 Å². The molecule has 0 saturated heterocycles. The molecule has 16 heavy (non-hydrogen) atoms. The van der Waals surface area contributed by atoms with Crippen LogP contribution in [0.3, 0.4) is 0 Å². The van der Waals surface area contributed by atoms with Crippen LogP contribution in [0.1, 0.15) is 9.75 Å². The Balaban J connectivity index is 2.31. The van der Waals surface area contributed by atoms with Gasteiger partial charge >= 0.3 is 0 Å². The first-order chi connectivity index (χ1) is 7.44. The molecule has 0 unspecified atom stereocenters. The van der Waals surface area contributed by atoms with E-state index < -0.39 is 10.0 Å². The maximum absolute atomic E-state index is 11.1. The highest BCUT2D eigenvalue weighted by atomic mass is 79.9. The molecule has 0 amide bonds. The molecule has 4 nitrogen and oxygen atoms in total. The van der Waals surface area contributed by atoms with Gasteiger partial charge in [0, 0.05) is 27.3 Å². The van der Waals surface area contributed by atoms with Crippen molar-refractivity contribution >= 4 is 37.3 Å². The van der Waals surface area contributed by atoms with Crippen LogP contribution in [0.5, 0.6) is 0 Å². The predicted octanol–water partition coefficient (Wildman–Crippen LogP) is 1.46. The molecule has 1 aromatic heterocycles. The van der Waals surface area contributed by atoms with Crippen LogP contribution in [0.2, 0.25) is 0 Å². The van der Waals surface area contributed by atoms with E-state index in [1.807, 2.05) is 6.92 Å². The fourth-order valence-electron chi connectivity index (χ4n) is 1.13. The van der Waals surface area contributed by atoms with Crippen LogP contribution in [0.4, 0.5) is 0 Å². The lowest BCUT2D eigenvalue weighted by molar-refractivity contribution is 0.583. The van der Waals surface area contributed by atoms with Gasteiger partial charge in [-0.2, -0.15) is 0 Å². The van der Waals surface area contributed by atoms with Crippen LogP contribution in [0.15, 0.2) is 10.5 Å². The zero-order valence-electron chi connectivity index (χ0n) is 9.21. The Morgan fingerprint density at radius 1 is 1.50 bits per heavy atom. The molecule has 1 aromatic rings. The Morgan fingerprint density at radius 3 is 2.69 bits per heavy atom. The minimum atomic E-state index is -3.10. The number of nitrogens with one attached hydrogen (secondary N) is 2. The lowest BCUT2D eigenvalue weighted by Gasteiger charge is -2.03. The van der Waals surface area contributed by atoms with Gasteiger partial charge in [0.15, 0.2) is 0 Å². The fraction of sp³-hybridized carbons (Fsp3) is 0.556. The topological polar surface area (TPSA) is 58.2 Å². The Labute approximate surface area is 109 Å². The molecule has 1 rings (SSSR count). The second-order valence-electron chi connectivity index (χ2n) is 3.32. The summed E-state index contributed by atoms with van der Waals surface area (Å²) >= 11 is 5.15. The Bertz CT molecular complexity index is 423. The van der Waals surface area contributed by atoms with E-state index in [2.05, 4.69) is 32.0 Å². The largest absolute Gasteiger partial charge is 0.311 e. The normalized spacial score (nSPS) is 11.9. The third-order valence-corrected chi connectivity index (χ3v) is 5.57.